The van der Waals surface area contributed by atoms with E-state index >= 15 is 0 Å². The van der Waals surface area contributed by atoms with Crippen LogP contribution in [0.25, 0.3) is 0 Å². The first-order chi connectivity index (χ1) is 12.1. The van der Waals surface area contributed by atoms with Crippen molar-refractivity contribution in [3.63, 3.8) is 0 Å². The number of benzene rings is 2. The van der Waals surface area contributed by atoms with E-state index in [-0.39, 0.29) is 5.91 Å². The summed E-state index contributed by atoms with van der Waals surface area (Å²) in [6, 6.07) is 16.0. The predicted molar refractivity (Wildman–Crippen MR) is 100.0 cm³/mol. The molecule has 4 heteroatoms. The fourth-order valence-corrected chi connectivity index (χ4v) is 3.58. The lowest BCUT2D eigenvalue weighted by molar-refractivity contribution is 0.0786. The van der Waals surface area contributed by atoms with Crippen LogP contribution in [-0.2, 0) is 0 Å². The van der Waals surface area contributed by atoms with Crippen molar-refractivity contribution in [2.24, 2.45) is 11.7 Å². The highest BCUT2D eigenvalue weighted by atomic mass is 16.5. The Morgan fingerprint density at radius 1 is 1.20 bits per heavy atom. The molecule has 132 valence electrons. The Bertz CT molecular complexity index is 730. The van der Waals surface area contributed by atoms with Crippen molar-refractivity contribution in [3.05, 3.63) is 65.2 Å². The molecule has 2 aromatic carbocycles. The zero-order valence-corrected chi connectivity index (χ0v) is 14.9. The van der Waals surface area contributed by atoms with Crippen LogP contribution >= 0.6 is 0 Å². The highest BCUT2D eigenvalue weighted by Crippen LogP contribution is 2.33. The molecule has 0 aliphatic carbocycles. The summed E-state index contributed by atoms with van der Waals surface area (Å²) in [5, 5.41) is 0. The van der Waals surface area contributed by atoms with E-state index in [0.717, 1.165) is 11.3 Å². The first-order valence-electron chi connectivity index (χ1n) is 8.91. The van der Waals surface area contributed by atoms with Crippen LogP contribution in [0.5, 0.6) is 5.75 Å². The number of nitrogens with two attached hydrogens (primary N) is 1. The van der Waals surface area contributed by atoms with Crippen molar-refractivity contribution in [2.45, 2.75) is 19.8 Å². The topological polar surface area (TPSA) is 55.6 Å². The summed E-state index contributed by atoms with van der Waals surface area (Å²) in [7, 11) is 0. The Balaban J connectivity index is 1.80. The summed E-state index contributed by atoms with van der Waals surface area (Å²) < 4.78 is 5.63. The van der Waals surface area contributed by atoms with E-state index in [2.05, 4.69) is 12.1 Å². The Labute approximate surface area is 149 Å². The summed E-state index contributed by atoms with van der Waals surface area (Å²) in [5.41, 5.74) is 8.97. The van der Waals surface area contributed by atoms with E-state index in [1.54, 1.807) is 0 Å². The van der Waals surface area contributed by atoms with Gasteiger partial charge in [-0.25, -0.2) is 0 Å². The molecule has 2 aromatic rings. The maximum Gasteiger partial charge on any atom is 0.254 e. The van der Waals surface area contributed by atoms with Crippen molar-refractivity contribution in [1.82, 2.24) is 4.90 Å². The molecular formula is C21H26N2O2. The molecule has 1 aliphatic rings. The van der Waals surface area contributed by atoms with Gasteiger partial charge in [0, 0.05) is 24.6 Å². The van der Waals surface area contributed by atoms with Crippen LogP contribution in [0.4, 0.5) is 0 Å². The predicted octanol–water partition coefficient (Wildman–Crippen LogP) is 3.21. The summed E-state index contributed by atoms with van der Waals surface area (Å²) in [4.78, 5) is 14.9. The van der Waals surface area contributed by atoms with Gasteiger partial charge in [0.15, 0.2) is 0 Å². The SMILES string of the molecule is CCOc1cc(C(=O)N2C[C@@H](CN)[C@H](c3ccccc3)C2)ccc1C. The molecule has 0 bridgehead atoms. The lowest BCUT2D eigenvalue weighted by Gasteiger charge is -2.18. The zero-order valence-electron chi connectivity index (χ0n) is 14.9. The molecule has 1 heterocycles. The zero-order chi connectivity index (χ0) is 17.8. The van der Waals surface area contributed by atoms with Crippen LogP contribution in [0, 0.1) is 12.8 Å². The number of aryl methyl sites for hydroxylation is 1. The van der Waals surface area contributed by atoms with Crippen LogP contribution in [0.3, 0.4) is 0 Å². The van der Waals surface area contributed by atoms with Gasteiger partial charge in [-0.3, -0.25) is 4.79 Å². The second-order valence-electron chi connectivity index (χ2n) is 6.64. The third kappa shape index (κ3) is 3.69. The standard InChI is InChI=1S/C21H26N2O2/c1-3-25-20-11-17(10-9-15(20)2)21(24)23-13-18(12-22)19(14-23)16-7-5-4-6-8-16/h4-11,18-19H,3,12-14,22H2,1-2H3/t18-,19+/m1/s1. The molecule has 0 unspecified atom stereocenters. The molecule has 3 rings (SSSR count). The lowest BCUT2D eigenvalue weighted by Crippen LogP contribution is -2.29. The minimum absolute atomic E-state index is 0.0536. The first-order valence-corrected chi connectivity index (χ1v) is 8.91. The van der Waals surface area contributed by atoms with Crippen molar-refractivity contribution >= 4 is 5.91 Å². The third-order valence-corrected chi connectivity index (χ3v) is 4.99. The van der Waals surface area contributed by atoms with Crippen LogP contribution in [0.1, 0.15) is 34.3 Å². The van der Waals surface area contributed by atoms with E-state index in [9.17, 15) is 4.79 Å². The molecule has 1 saturated heterocycles. The summed E-state index contributed by atoms with van der Waals surface area (Å²) in [6.07, 6.45) is 0. The molecule has 0 radical (unpaired) electrons. The summed E-state index contributed by atoms with van der Waals surface area (Å²) >= 11 is 0. The van der Waals surface area contributed by atoms with Crippen molar-refractivity contribution < 1.29 is 9.53 Å². The first kappa shape index (κ1) is 17.5. The molecule has 1 amide bonds. The second-order valence-corrected chi connectivity index (χ2v) is 6.64. The average molecular weight is 338 g/mol. The van der Waals surface area contributed by atoms with Crippen LogP contribution in [-0.4, -0.2) is 37.0 Å². The Morgan fingerprint density at radius 2 is 1.96 bits per heavy atom. The Hall–Kier alpha value is -2.33. The minimum atomic E-state index is 0.0536. The minimum Gasteiger partial charge on any atom is -0.494 e. The van der Waals surface area contributed by atoms with Crippen LogP contribution < -0.4 is 10.5 Å². The number of hydrogen-bond acceptors (Lipinski definition) is 3. The van der Waals surface area contributed by atoms with Gasteiger partial charge in [-0.05, 0) is 49.6 Å². The fourth-order valence-electron chi connectivity index (χ4n) is 3.58. The molecule has 0 saturated carbocycles. The molecular weight excluding hydrogens is 312 g/mol. The monoisotopic (exact) mass is 338 g/mol. The molecule has 2 N–H and O–H groups in total. The normalized spacial score (nSPS) is 19.9. The third-order valence-electron chi connectivity index (χ3n) is 4.99. The fraction of sp³-hybridized carbons (Fsp3) is 0.381. The molecule has 0 aromatic heterocycles. The maximum atomic E-state index is 13.0. The highest BCUT2D eigenvalue weighted by molar-refractivity contribution is 5.95. The number of amides is 1. The lowest BCUT2D eigenvalue weighted by atomic mass is 9.89. The van der Waals surface area contributed by atoms with Gasteiger partial charge in [0.05, 0.1) is 6.61 Å². The van der Waals surface area contributed by atoms with Crippen molar-refractivity contribution in [1.29, 1.82) is 0 Å². The Kier molecular flexibility index (Phi) is 5.39. The molecule has 1 aliphatic heterocycles. The number of nitrogens with zero attached hydrogens (tertiary/aromatic N) is 1. The maximum absolute atomic E-state index is 13.0. The smallest absolute Gasteiger partial charge is 0.254 e. The highest BCUT2D eigenvalue weighted by Gasteiger charge is 2.35. The number of likely N-dealkylation sites (tertiary alicyclic amines) is 1. The van der Waals surface area contributed by atoms with Crippen molar-refractivity contribution in [2.75, 3.05) is 26.2 Å². The van der Waals surface area contributed by atoms with E-state index in [1.807, 2.05) is 55.1 Å². The summed E-state index contributed by atoms with van der Waals surface area (Å²) in [6.45, 7) is 6.53. The molecule has 25 heavy (non-hydrogen) atoms. The Morgan fingerprint density at radius 3 is 2.64 bits per heavy atom. The van der Waals surface area contributed by atoms with Gasteiger partial charge in [0.25, 0.3) is 5.91 Å². The van der Waals surface area contributed by atoms with Crippen LogP contribution in [0.15, 0.2) is 48.5 Å². The number of rotatable bonds is 5. The van der Waals surface area contributed by atoms with E-state index in [0.29, 0.717) is 43.6 Å². The number of carbonyl (C=O) groups is 1. The molecule has 4 nitrogen and oxygen atoms in total. The molecule has 1 fully saturated rings. The number of hydrogen-bond donors (Lipinski definition) is 1. The van der Waals surface area contributed by atoms with Gasteiger partial charge < -0.3 is 15.4 Å². The van der Waals surface area contributed by atoms with Gasteiger partial charge in [0.2, 0.25) is 0 Å². The average Bonchev–Trinajstić information content (AvgIpc) is 3.08. The van der Waals surface area contributed by atoms with Gasteiger partial charge >= 0.3 is 0 Å². The van der Waals surface area contributed by atoms with Crippen LogP contribution in [0.2, 0.25) is 0 Å². The number of carbonyl (C=O) groups excluding carboxylic acids is 1. The quantitative estimate of drug-likeness (QED) is 0.911. The van der Waals surface area contributed by atoms with Gasteiger partial charge in [-0.15, -0.1) is 0 Å². The molecule has 0 spiro atoms. The van der Waals surface area contributed by atoms with E-state index in [1.165, 1.54) is 5.56 Å². The second kappa shape index (κ2) is 7.70. The summed E-state index contributed by atoms with van der Waals surface area (Å²) in [5.74, 6) is 1.43. The van der Waals surface area contributed by atoms with Gasteiger partial charge in [-0.1, -0.05) is 36.4 Å². The number of ether oxygens (including phenoxy) is 1. The molecule has 2 atom stereocenters. The van der Waals surface area contributed by atoms with E-state index in [4.69, 9.17) is 10.5 Å². The van der Waals surface area contributed by atoms with E-state index < -0.39 is 0 Å². The van der Waals surface area contributed by atoms with Crippen molar-refractivity contribution in [3.8, 4) is 5.75 Å². The largest absolute Gasteiger partial charge is 0.494 e. The van der Waals surface area contributed by atoms with Gasteiger partial charge in [0.1, 0.15) is 5.75 Å². The van der Waals surface area contributed by atoms with Gasteiger partial charge in [-0.2, -0.15) is 0 Å².